The van der Waals surface area contributed by atoms with Crippen molar-refractivity contribution in [1.82, 2.24) is 5.32 Å². The smallest absolute Gasteiger partial charge is 0.161 e. The zero-order valence-electron chi connectivity index (χ0n) is 11.3. The van der Waals surface area contributed by atoms with Crippen LogP contribution in [0.25, 0.3) is 0 Å². The minimum absolute atomic E-state index is 0.328. The normalized spacial score (nSPS) is 28.6. The Balaban J connectivity index is 1.89. The van der Waals surface area contributed by atoms with E-state index in [0.717, 1.165) is 31.1 Å². The first-order valence-corrected chi connectivity index (χ1v) is 6.71. The predicted molar refractivity (Wildman–Crippen MR) is 71.4 cm³/mol. The molecule has 0 saturated heterocycles. The predicted octanol–water partition coefficient (Wildman–Crippen LogP) is 2.56. The molecule has 1 fully saturated rings. The first kappa shape index (κ1) is 11.8. The van der Waals surface area contributed by atoms with Gasteiger partial charge in [0.2, 0.25) is 0 Å². The van der Waals surface area contributed by atoms with Crippen LogP contribution in [0, 0.1) is 5.41 Å². The van der Waals surface area contributed by atoms with E-state index < -0.39 is 0 Å². The lowest BCUT2D eigenvalue weighted by molar-refractivity contribution is 0.297. The molecule has 1 aliphatic heterocycles. The molecule has 2 unspecified atom stereocenters. The van der Waals surface area contributed by atoms with Crippen molar-refractivity contribution in [3.8, 4) is 11.5 Å². The zero-order valence-corrected chi connectivity index (χ0v) is 11.3. The Morgan fingerprint density at radius 2 is 1.89 bits per heavy atom. The summed E-state index contributed by atoms with van der Waals surface area (Å²) in [5.41, 5.74) is 1.68. The van der Waals surface area contributed by atoms with Crippen LogP contribution in [-0.4, -0.2) is 26.3 Å². The number of fused-ring (bicyclic) bond motifs is 1. The number of hydrogen-bond acceptors (Lipinski definition) is 3. The van der Waals surface area contributed by atoms with Crippen molar-refractivity contribution >= 4 is 0 Å². The molecule has 18 heavy (non-hydrogen) atoms. The summed E-state index contributed by atoms with van der Waals surface area (Å²) in [6.07, 6.45) is 0.956. The second-order valence-electron chi connectivity index (χ2n) is 5.82. The van der Waals surface area contributed by atoms with E-state index in [1.807, 2.05) is 7.05 Å². The summed E-state index contributed by atoms with van der Waals surface area (Å²) in [4.78, 5) is 0. The van der Waals surface area contributed by atoms with Crippen LogP contribution in [0.4, 0.5) is 0 Å². The summed E-state index contributed by atoms with van der Waals surface area (Å²) < 4.78 is 11.4. The van der Waals surface area contributed by atoms with E-state index in [-0.39, 0.29) is 0 Å². The lowest BCUT2D eigenvalue weighted by Gasteiger charge is -2.10. The maximum absolute atomic E-state index is 5.76. The van der Waals surface area contributed by atoms with Gasteiger partial charge in [0.1, 0.15) is 0 Å². The summed E-state index contributed by atoms with van der Waals surface area (Å²) in [7, 11) is 2.04. The molecule has 0 radical (unpaired) electrons. The van der Waals surface area contributed by atoms with E-state index in [1.54, 1.807) is 0 Å². The number of rotatable bonds is 2. The molecule has 1 saturated carbocycles. The van der Waals surface area contributed by atoms with Gasteiger partial charge in [-0.05, 0) is 30.2 Å². The quantitative estimate of drug-likeness (QED) is 0.871. The third kappa shape index (κ3) is 1.77. The van der Waals surface area contributed by atoms with Crippen molar-refractivity contribution in [3.05, 3.63) is 23.8 Å². The molecular weight excluding hydrogens is 226 g/mol. The van der Waals surface area contributed by atoms with Crippen molar-refractivity contribution in [3.63, 3.8) is 0 Å². The maximum atomic E-state index is 5.76. The van der Waals surface area contributed by atoms with Gasteiger partial charge in [0.15, 0.2) is 11.5 Å². The lowest BCUT2D eigenvalue weighted by Crippen LogP contribution is -2.14. The monoisotopic (exact) mass is 247 g/mol. The summed E-state index contributed by atoms with van der Waals surface area (Å²) in [5.74, 6) is 2.36. The van der Waals surface area contributed by atoms with E-state index in [0.29, 0.717) is 17.4 Å². The Morgan fingerprint density at radius 3 is 2.56 bits per heavy atom. The van der Waals surface area contributed by atoms with E-state index in [4.69, 9.17) is 9.47 Å². The van der Waals surface area contributed by atoms with Crippen LogP contribution in [0.3, 0.4) is 0 Å². The van der Waals surface area contributed by atoms with Crippen LogP contribution in [0.5, 0.6) is 11.5 Å². The molecule has 1 aliphatic carbocycles. The molecule has 1 heterocycles. The molecule has 1 N–H and O–H groups in total. The summed E-state index contributed by atoms with van der Waals surface area (Å²) in [6, 6.07) is 6.95. The van der Waals surface area contributed by atoms with Gasteiger partial charge in [-0.15, -0.1) is 0 Å². The van der Waals surface area contributed by atoms with Crippen molar-refractivity contribution in [1.29, 1.82) is 0 Å². The summed E-state index contributed by atoms with van der Waals surface area (Å²) >= 11 is 0. The fraction of sp³-hybridized carbons (Fsp3) is 0.600. The van der Waals surface area contributed by atoms with E-state index in [1.165, 1.54) is 5.56 Å². The minimum Gasteiger partial charge on any atom is -0.490 e. The number of likely N-dealkylation sites (N-methyl/N-ethyl adjacent to an activating group) is 1. The topological polar surface area (TPSA) is 30.5 Å². The van der Waals surface area contributed by atoms with Crippen LogP contribution in [0.15, 0.2) is 18.2 Å². The van der Waals surface area contributed by atoms with Crippen LogP contribution < -0.4 is 14.8 Å². The standard InChI is InChI=1S/C15H21NO2/c1-15(2)13(14(15)16-3)10-5-6-11-12(9-10)18-8-4-7-17-11/h5-6,9,13-14,16H,4,7-8H2,1-3H3. The highest BCUT2D eigenvalue weighted by Gasteiger charge is 2.57. The Labute approximate surface area is 108 Å². The average Bonchev–Trinajstić information content (AvgIpc) is 2.99. The molecule has 0 bridgehead atoms. The summed E-state index contributed by atoms with van der Waals surface area (Å²) in [5, 5.41) is 3.40. The molecular formula is C15H21NO2. The lowest BCUT2D eigenvalue weighted by atomic mass is 10.0. The van der Waals surface area contributed by atoms with Gasteiger partial charge in [-0.3, -0.25) is 0 Å². The molecule has 2 aliphatic rings. The van der Waals surface area contributed by atoms with Crippen LogP contribution in [0.1, 0.15) is 31.7 Å². The molecule has 0 spiro atoms. The van der Waals surface area contributed by atoms with Gasteiger partial charge in [0.05, 0.1) is 13.2 Å². The number of ether oxygens (including phenoxy) is 2. The average molecular weight is 247 g/mol. The Hall–Kier alpha value is -1.22. The van der Waals surface area contributed by atoms with Crippen molar-refractivity contribution < 1.29 is 9.47 Å². The van der Waals surface area contributed by atoms with Crippen LogP contribution in [-0.2, 0) is 0 Å². The molecule has 0 aromatic heterocycles. The highest BCUT2D eigenvalue weighted by molar-refractivity contribution is 5.47. The van der Waals surface area contributed by atoms with Gasteiger partial charge in [0, 0.05) is 18.4 Å². The van der Waals surface area contributed by atoms with Crippen molar-refractivity contribution in [2.75, 3.05) is 20.3 Å². The minimum atomic E-state index is 0.328. The largest absolute Gasteiger partial charge is 0.490 e. The first-order chi connectivity index (χ1) is 8.64. The third-order valence-electron chi connectivity index (χ3n) is 4.27. The zero-order chi connectivity index (χ0) is 12.8. The SMILES string of the molecule is CNC1C(c2ccc3c(c2)OCCCO3)C1(C)C. The van der Waals surface area contributed by atoms with Gasteiger partial charge < -0.3 is 14.8 Å². The Kier molecular flexibility index (Phi) is 2.74. The van der Waals surface area contributed by atoms with Gasteiger partial charge in [-0.25, -0.2) is 0 Å². The number of benzene rings is 1. The van der Waals surface area contributed by atoms with Gasteiger partial charge in [0.25, 0.3) is 0 Å². The van der Waals surface area contributed by atoms with Gasteiger partial charge >= 0.3 is 0 Å². The van der Waals surface area contributed by atoms with E-state index in [9.17, 15) is 0 Å². The second-order valence-corrected chi connectivity index (χ2v) is 5.82. The number of hydrogen-bond donors (Lipinski definition) is 1. The van der Waals surface area contributed by atoms with Gasteiger partial charge in [-0.1, -0.05) is 19.9 Å². The highest BCUT2D eigenvalue weighted by Crippen LogP contribution is 2.59. The molecule has 2 atom stereocenters. The fourth-order valence-electron chi connectivity index (χ4n) is 3.17. The molecule has 3 nitrogen and oxygen atoms in total. The fourth-order valence-corrected chi connectivity index (χ4v) is 3.17. The summed E-state index contributed by atoms with van der Waals surface area (Å²) in [6.45, 7) is 6.12. The van der Waals surface area contributed by atoms with E-state index in [2.05, 4.69) is 37.4 Å². The van der Waals surface area contributed by atoms with Crippen LogP contribution in [0.2, 0.25) is 0 Å². The third-order valence-corrected chi connectivity index (χ3v) is 4.27. The highest BCUT2D eigenvalue weighted by atomic mass is 16.5. The van der Waals surface area contributed by atoms with E-state index >= 15 is 0 Å². The molecule has 1 aromatic rings. The van der Waals surface area contributed by atoms with Gasteiger partial charge in [-0.2, -0.15) is 0 Å². The second kappa shape index (κ2) is 4.16. The maximum Gasteiger partial charge on any atom is 0.161 e. The van der Waals surface area contributed by atoms with Crippen molar-refractivity contribution in [2.45, 2.75) is 32.2 Å². The molecule has 0 amide bonds. The first-order valence-electron chi connectivity index (χ1n) is 6.71. The Bertz CT molecular complexity index is 456. The Morgan fingerprint density at radius 1 is 1.17 bits per heavy atom. The number of nitrogens with one attached hydrogen (secondary N) is 1. The van der Waals surface area contributed by atoms with Crippen molar-refractivity contribution in [2.24, 2.45) is 5.41 Å². The molecule has 3 heteroatoms. The van der Waals surface area contributed by atoms with Crippen LogP contribution >= 0.6 is 0 Å². The molecule has 98 valence electrons. The molecule has 1 aromatic carbocycles. The molecule has 3 rings (SSSR count).